The van der Waals surface area contributed by atoms with Gasteiger partial charge in [0.05, 0.1) is 30.9 Å². The smallest absolute Gasteiger partial charge is 0.181 e. The van der Waals surface area contributed by atoms with Gasteiger partial charge in [-0.2, -0.15) is 0 Å². The number of rotatable bonds is 7. The minimum Gasteiger partial charge on any atom is -0.497 e. The molecule has 3 rings (SSSR count). The molecule has 0 saturated carbocycles. The van der Waals surface area contributed by atoms with Crippen LogP contribution in [-0.4, -0.2) is 58.5 Å². The lowest BCUT2D eigenvalue weighted by molar-refractivity contribution is 0.388. The van der Waals surface area contributed by atoms with Crippen molar-refractivity contribution in [2.45, 2.75) is 20.7 Å². The summed E-state index contributed by atoms with van der Waals surface area (Å²) in [6, 6.07) is 5.39. The fraction of sp³-hybridized carbons (Fsp3) is 0.294. The topological polar surface area (TPSA) is 128 Å². The molecule has 1 aromatic carbocycles. The summed E-state index contributed by atoms with van der Waals surface area (Å²) in [5.41, 5.74) is 1.68. The molecule has 9 nitrogen and oxygen atoms in total. The second-order valence-electron chi connectivity index (χ2n) is 6.19. The zero-order valence-electron chi connectivity index (χ0n) is 16.1. The Hall–Kier alpha value is -2.31. The zero-order chi connectivity index (χ0) is 21.4. The van der Waals surface area contributed by atoms with Crippen molar-refractivity contribution in [1.82, 2.24) is 15.0 Å². The van der Waals surface area contributed by atoms with Gasteiger partial charge < -0.3 is 14.5 Å². The standard InChI is InChI=1S/C17H19N3O6S3/c1-25-10-5-6-11-12(7-10)20-17(19-11)27-9-13-16(29(4,23)24)15(26-2)14(8-18-13)28(3,21)22/h5-8H,9H2,1-4H3,(H,19,20). The number of fused-ring (bicyclic) bond motifs is 1. The Labute approximate surface area is 172 Å². The van der Waals surface area contributed by atoms with Crippen LogP contribution >= 0.6 is 11.8 Å². The summed E-state index contributed by atoms with van der Waals surface area (Å²) < 4.78 is 59.1. The number of hydrogen-bond donors (Lipinski definition) is 1. The van der Waals surface area contributed by atoms with Gasteiger partial charge in [-0.25, -0.2) is 21.8 Å². The second-order valence-corrected chi connectivity index (χ2v) is 11.1. The SMILES string of the molecule is COc1ccc2nc(SCc3ncc(S(C)(=O)=O)c(OC)c3S(C)(=O)=O)[nH]c2c1. The molecule has 0 aliphatic heterocycles. The summed E-state index contributed by atoms with van der Waals surface area (Å²) in [4.78, 5) is 11.2. The molecule has 0 saturated heterocycles. The predicted octanol–water partition coefficient (Wildman–Crippen LogP) is 2.07. The summed E-state index contributed by atoms with van der Waals surface area (Å²) in [6.45, 7) is 0. The number of benzene rings is 1. The van der Waals surface area contributed by atoms with Gasteiger partial charge in [-0.15, -0.1) is 0 Å². The molecule has 0 atom stereocenters. The number of nitrogens with one attached hydrogen (secondary N) is 1. The number of H-pyrrole nitrogens is 1. The van der Waals surface area contributed by atoms with E-state index in [1.807, 2.05) is 0 Å². The van der Waals surface area contributed by atoms with Crippen LogP contribution in [0.25, 0.3) is 11.0 Å². The third-order valence-electron chi connectivity index (χ3n) is 4.02. The lowest BCUT2D eigenvalue weighted by Crippen LogP contribution is -2.11. The summed E-state index contributed by atoms with van der Waals surface area (Å²) in [7, 11) is -4.74. The third-order valence-corrected chi connectivity index (χ3v) is 7.15. The number of thioether (sulfide) groups is 1. The Balaban J connectivity index is 2.01. The Kier molecular flexibility index (Phi) is 5.79. The Morgan fingerprint density at radius 1 is 1.07 bits per heavy atom. The number of hydrogen-bond acceptors (Lipinski definition) is 9. The van der Waals surface area contributed by atoms with Gasteiger partial charge in [0, 0.05) is 30.5 Å². The van der Waals surface area contributed by atoms with Gasteiger partial charge in [-0.3, -0.25) is 4.98 Å². The zero-order valence-corrected chi connectivity index (χ0v) is 18.5. The van der Waals surface area contributed by atoms with E-state index in [-0.39, 0.29) is 27.0 Å². The number of imidazole rings is 1. The lowest BCUT2D eigenvalue weighted by atomic mass is 10.3. The van der Waals surface area contributed by atoms with E-state index in [9.17, 15) is 16.8 Å². The number of aromatic amines is 1. The van der Waals surface area contributed by atoms with E-state index in [0.29, 0.717) is 10.9 Å². The lowest BCUT2D eigenvalue weighted by Gasteiger charge is -2.14. The van der Waals surface area contributed by atoms with E-state index in [1.165, 1.54) is 18.9 Å². The maximum Gasteiger partial charge on any atom is 0.181 e. The first-order chi connectivity index (χ1) is 13.5. The van der Waals surface area contributed by atoms with Gasteiger partial charge in [-0.1, -0.05) is 11.8 Å². The molecule has 0 spiro atoms. The number of aromatic nitrogens is 3. The summed E-state index contributed by atoms with van der Waals surface area (Å²) in [5.74, 6) is 0.592. The van der Waals surface area contributed by atoms with E-state index in [1.54, 1.807) is 25.3 Å². The van der Waals surface area contributed by atoms with Crippen LogP contribution < -0.4 is 9.47 Å². The van der Waals surface area contributed by atoms with Gasteiger partial charge in [-0.05, 0) is 12.1 Å². The van der Waals surface area contributed by atoms with Crippen molar-refractivity contribution in [3.05, 3.63) is 30.1 Å². The average molecular weight is 458 g/mol. The largest absolute Gasteiger partial charge is 0.497 e. The fourth-order valence-electron chi connectivity index (χ4n) is 2.74. The van der Waals surface area contributed by atoms with Crippen LogP contribution in [0.2, 0.25) is 0 Å². The molecule has 2 aromatic heterocycles. The first-order valence-electron chi connectivity index (χ1n) is 8.17. The molecule has 29 heavy (non-hydrogen) atoms. The molecule has 0 aliphatic carbocycles. The highest BCUT2D eigenvalue weighted by Gasteiger charge is 2.28. The van der Waals surface area contributed by atoms with Crippen LogP contribution in [0.4, 0.5) is 0 Å². The number of ether oxygens (including phenoxy) is 2. The van der Waals surface area contributed by atoms with Crippen molar-refractivity contribution in [1.29, 1.82) is 0 Å². The van der Waals surface area contributed by atoms with Crippen molar-refractivity contribution in [3.8, 4) is 11.5 Å². The summed E-state index contributed by atoms with van der Waals surface area (Å²) in [5, 5.41) is 0.556. The van der Waals surface area contributed by atoms with E-state index in [4.69, 9.17) is 9.47 Å². The van der Waals surface area contributed by atoms with Gasteiger partial charge in [0.1, 0.15) is 15.5 Å². The van der Waals surface area contributed by atoms with Crippen LogP contribution in [-0.2, 0) is 25.4 Å². The number of pyridine rings is 1. The minimum atomic E-state index is -3.81. The average Bonchev–Trinajstić information content (AvgIpc) is 3.05. The van der Waals surface area contributed by atoms with Crippen LogP contribution in [0.15, 0.2) is 39.3 Å². The molecule has 0 bridgehead atoms. The van der Waals surface area contributed by atoms with Gasteiger partial charge >= 0.3 is 0 Å². The third kappa shape index (κ3) is 4.49. The molecule has 12 heteroatoms. The molecule has 3 aromatic rings. The van der Waals surface area contributed by atoms with Gasteiger partial charge in [0.25, 0.3) is 0 Å². The fourth-order valence-corrected chi connectivity index (χ4v) is 5.58. The molecule has 156 valence electrons. The van der Waals surface area contributed by atoms with Crippen molar-refractivity contribution in [2.75, 3.05) is 26.7 Å². The maximum atomic E-state index is 12.4. The number of nitrogens with zero attached hydrogens (tertiary/aromatic N) is 2. The van der Waals surface area contributed by atoms with Gasteiger partial charge in [0.15, 0.2) is 30.6 Å². The normalized spacial score (nSPS) is 12.3. The quantitative estimate of drug-likeness (QED) is 0.530. The molecule has 2 heterocycles. The summed E-state index contributed by atoms with van der Waals surface area (Å²) in [6.07, 6.45) is 3.07. The van der Waals surface area contributed by atoms with Crippen LogP contribution in [0, 0.1) is 0 Å². The molecular formula is C17H19N3O6S3. The van der Waals surface area contributed by atoms with Crippen LogP contribution in [0.1, 0.15) is 5.69 Å². The van der Waals surface area contributed by atoms with Crippen molar-refractivity contribution in [2.24, 2.45) is 0 Å². The molecular weight excluding hydrogens is 438 g/mol. The number of methoxy groups -OCH3 is 2. The molecule has 1 N–H and O–H groups in total. The highest BCUT2D eigenvalue weighted by atomic mass is 32.2. The molecule has 0 unspecified atom stereocenters. The molecule has 0 fully saturated rings. The van der Waals surface area contributed by atoms with Crippen molar-refractivity contribution in [3.63, 3.8) is 0 Å². The van der Waals surface area contributed by atoms with Crippen molar-refractivity contribution < 1.29 is 26.3 Å². The van der Waals surface area contributed by atoms with E-state index < -0.39 is 19.7 Å². The van der Waals surface area contributed by atoms with Crippen molar-refractivity contribution >= 4 is 42.5 Å². The Bertz CT molecular complexity index is 1280. The van der Waals surface area contributed by atoms with E-state index in [0.717, 1.165) is 29.7 Å². The molecule has 0 aliphatic rings. The Morgan fingerprint density at radius 2 is 1.79 bits per heavy atom. The van der Waals surface area contributed by atoms with E-state index >= 15 is 0 Å². The monoisotopic (exact) mass is 457 g/mol. The Morgan fingerprint density at radius 3 is 2.38 bits per heavy atom. The second kappa shape index (κ2) is 7.84. The predicted molar refractivity (Wildman–Crippen MR) is 109 cm³/mol. The summed E-state index contributed by atoms with van der Waals surface area (Å²) >= 11 is 1.24. The molecule has 0 amide bonds. The molecule has 0 radical (unpaired) electrons. The maximum absolute atomic E-state index is 12.4. The first-order valence-corrected chi connectivity index (χ1v) is 12.9. The van der Waals surface area contributed by atoms with Gasteiger partial charge in [0.2, 0.25) is 0 Å². The highest BCUT2D eigenvalue weighted by molar-refractivity contribution is 7.98. The van der Waals surface area contributed by atoms with Crippen LogP contribution in [0.5, 0.6) is 11.5 Å². The highest BCUT2D eigenvalue weighted by Crippen LogP contribution is 2.35. The minimum absolute atomic E-state index is 0.139. The van der Waals surface area contributed by atoms with Crippen LogP contribution in [0.3, 0.4) is 0 Å². The van der Waals surface area contributed by atoms with E-state index in [2.05, 4.69) is 15.0 Å². The first kappa shape index (κ1) is 21.4. The number of sulfone groups is 2.